The van der Waals surface area contributed by atoms with Gasteiger partial charge in [-0.25, -0.2) is 0 Å². The van der Waals surface area contributed by atoms with Crippen molar-refractivity contribution in [1.29, 1.82) is 0 Å². The van der Waals surface area contributed by atoms with Crippen molar-refractivity contribution >= 4 is 17.5 Å². The Kier molecular flexibility index (Phi) is 5.65. The molecule has 2 fully saturated rings. The van der Waals surface area contributed by atoms with E-state index in [0.29, 0.717) is 22.7 Å². The average Bonchev–Trinajstić information content (AvgIpc) is 3.47. The van der Waals surface area contributed by atoms with Crippen LogP contribution in [-0.4, -0.2) is 53.8 Å². The standard InChI is InChI=1S/C22H28N4O4/c1-25-13-14(12-23-25)15-9-16(15)21(27)24-18-11-20(30-3)19(29-2)10-17(18)22(28)26-7-5-4-6-8-26/h10-13,15-16H,4-9H2,1-3H3,(H,24,27)/t15-,16-/m0/s1. The van der Waals surface area contributed by atoms with Crippen molar-refractivity contribution in [2.75, 3.05) is 32.6 Å². The Bertz CT molecular complexity index is 949. The van der Waals surface area contributed by atoms with Gasteiger partial charge >= 0.3 is 0 Å². The number of likely N-dealkylation sites (tertiary alicyclic amines) is 1. The Labute approximate surface area is 176 Å². The fourth-order valence-corrected chi connectivity index (χ4v) is 4.14. The first-order valence-electron chi connectivity index (χ1n) is 10.4. The van der Waals surface area contributed by atoms with Gasteiger partial charge in [0, 0.05) is 38.3 Å². The molecule has 1 N–H and O–H groups in total. The molecule has 2 amide bonds. The van der Waals surface area contributed by atoms with Crippen LogP contribution in [0.2, 0.25) is 0 Å². The minimum Gasteiger partial charge on any atom is -0.493 e. The summed E-state index contributed by atoms with van der Waals surface area (Å²) < 4.78 is 12.5. The topological polar surface area (TPSA) is 85.7 Å². The first-order valence-corrected chi connectivity index (χ1v) is 10.4. The minimum atomic E-state index is -0.125. The van der Waals surface area contributed by atoms with Gasteiger partial charge in [0.2, 0.25) is 5.91 Å². The summed E-state index contributed by atoms with van der Waals surface area (Å²) >= 11 is 0. The van der Waals surface area contributed by atoms with Crippen LogP contribution >= 0.6 is 0 Å². The maximum Gasteiger partial charge on any atom is 0.256 e. The van der Waals surface area contributed by atoms with Crippen LogP contribution in [0, 0.1) is 5.92 Å². The summed E-state index contributed by atoms with van der Waals surface area (Å²) in [6.45, 7) is 1.46. The van der Waals surface area contributed by atoms with Crippen molar-refractivity contribution in [2.24, 2.45) is 13.0 Å². The SMILES string of the molecule is COc1cc(NC(=O)[C@H]2C[C@H]2c2cnn(C)c2)c(C(=O)N2CCCCC2)cc1OC. The fourth-order valence-electron chi connectivity index (χ4n) is 4.14. The molecule has 1 aromatic heterocycles. The van der Waals surface area contributed by atoms with Gasteiger partial charge in [-0.2, -0.15) is 5.10 Å². The maximum absolute atomic E-state index is 13.2. The number of hydrogen-bond acceptors (Lipinski definition) is 5. The number of methoxy groups -OCH3 is 2. The summed E-state index contributed by atoms with van der Waals surface area (Å²) in [6.07, 6.45) is 7.65. The zero-order valence-corrected chi connectivity index (χ0v) is 17.7. The molecule has 1 saturated heterocycles. The van der Waals surface area contributed by atoms with Crippen molar-refractivity contribution in [1.82, 2.24) is 14.7 Å². The lowest BCUT2D eigenvalue weighted by Gasteiger charge is -2.28. The number of anilines is 1. The van der Waals surface area contributed by atoms with Gasteiger partial charge in [-0.05, 0) is 43.2 Å². The molecule has 2 atom stereocenters. The normalized spacial score (nSPS) is 20.6. The highest BCUT2D eigenvalue weighted by Gasteiger charge is 2.45. The average molecular weight is 412 g/mol. The Balaban J connectivity index is 1.57. The second-order valence-corrected chi connectivity index (χ2v) is 7.99. The molecule has 8 heteroatoms. The molecule has 2 aliphatic rings. The van der Waals surface area contributed by atoms with Crippen molar-refractivity contribution in [3.05, 3.63) is 35.7 Å². The third kappa shape index (κ3) is 3.99. The molecule has 0 spiro atoms. The summed E-state index contributed by atoms with van der Waals surface area (Å²) in [5.41, 5.74) is 1.96. The Hall–Kier alpha value is -3.03. The first kappa shape index (κ1) is 20.3. The van der Waals surface area contributed by atoms with E-state index in [2.05, 4.69) is 10.4 Å². The number of benzene rings is 1. The number of piperidine rings is 1. The molecule has 2 heterocycles. The quantitative estimate of drug-likeness (QED) is 0.789. The molecule has 1 aliphatic heterocycles. The van der Waals surface area contributed by atoms with Gasteiger partial charge in [-0.15, -0.1) is 0 Å². The van der Waals surface area contributed by atoms with E-state index in [9.17, 15) is 9.59 Å². The van der Waals surface area contributed by atoms with Crippen LogP contribution in [0.5, 0.6) is 11.5 Å². The van der Waals surface area contributed by atoms with E-state index in [1.165, 1.54) is 14.2 Å². The monoisotopic (exact) mass is 412 g/mol. The van der Waals surface area contributed by atoms with Crippen LogP contribution in [0.15, 0.2) is 24.5 Å². The predicted molar refractivity (Wildman–Crippen MR) is 112 cm³/mol. The highest BCUT2D eigenvalue weighted by Crippen LogP contribution is 2.48. The maximum atomic E-state index is 13.2. The van der Waals surface area contributed by atoms with E-state index in [-0.39, 0.29) is 23.7 Å². The van der Waals surface area contributed by atoms with Crippen molar-refractivity contribution in [3.8, 4) is 11.5 Å². The molecule has 1 aliphatic carbocycles. The molecule has 0 bridgehead atoms. The largest absolute Gasteiger partial charge is 0.493 e. The zero-order chi connectivity index (χ0) is 21.3. The number of aromatic nitrogens is 2. The molecule has 0 radical (unpaired) electrons. The van der Waals surface area contributed by atoms with Crippen molar-refractivity contribution < 1.29 is 19.1 Å². The van der Waals surface area contributed by atoms with Gasteiger partial charge in [-0.1, -0.05) is 0 Å². The molecule has 30 heavy (non-hydrogen) atoms. The Morgan fingerprint density at radius 2 is 1.80 bits per heavy atom. The number of ether oxygens (including phenoxy) is 2. The van der Waals surface area contributed by atoms with Crippen molar-refractivity contribution in [3.63, 3.8) is 0 Å². The van der Waals surface area contributed by atoms with Gasteiger partial charge in [0.15, 0.2) is 11.5 Å². The van der Waals surface area contributed by atoms with Crippen LogP contribution < -0.4 is 14.8 Å². The molecule has 8 nitrogen and oxygen atoms in total. The van der Waals surface area contributed by atoms with E-state index in [1.807, 2.05) is 18.1 Å². The second kappa shape index (κ2) is 8.38. The fraction of sp³-hybridized carbons (Fsp3) is 0.500. The second-order valence-electron chi connectivity index (χ2n) is 7.99. The van der Waals surface area contributed by atoms with Crippen LogP contribution in [0.4, 0.5) is 5.69 Å². The van der Waals surface area contributed by atoms with E-state index in [4.69, 9.17) is 9.47 Å². The van der Waals surface area contributed by atoms with E-state index in [1.54, 1.807) is 23.0 Å². The number of nitrogens with one attached hydrogen (secondary N) is 1. The summed E-state index contributed by atoms with van der Waals surface area (Å²) in [6, 6.07) is 3.34. The lowest BCUT2D eigenvalue weighted by molar-refractivity contribution is -0.117. The summed E-state index contributed by atoms with van der Waals surface area (Å²) in [4.78, 5) is 28.0. The van der Waals surface area contributed by atoms with E-state index in [0.717, 1.165) is 44.3 Å². The third-order valence-electron chi connectivity index (χ3n) is 5.94. The smallest absolute Gasteiger partial charge is 0.256 e. The molecule has 0 unspecified atom stereocenters. The van der Waals surface area contributed by atoms with Gasteiger partial charge < -0.3 is 19.7 Å². The molecular weight excluding hydrogens is 384 g/mol. The number of carbonyl (C=O) groups is 2. The summed E-state index contributed by atoms with van der Waals surface area (Å²) in [5.74, 6) is 0.799. The van der Waals surface area contributed by atoms with E-state index < -0.39 is 0 Å². The van der Waals surface area contributed by atoms with Crippen LogP contribution in [0.1, 0.15) is 47.5 Å². The highest BCUT2D eigenvalue weighted by molar-refractivity contribution is 6.05. The zero-order valence-electron chi connectivity index (χ0n) is 17.7. The summed E-state index contributed by atoms with van der Waals surface area (Å²) in [5, 5.41) is 7.17. The Morgan fingerprint density at radius 3 is 2.43 bits per heavy atom. The van der Waals surface area contributed by atoms with Crippen LogP contribution in [0.25, 0.3) is 0 Å². The molecule has 2 aromatic rings. The summed E-state index contributed by atoms with van der Waals surface area (Å²) in [7, 11) is 4.94. The number of rotatable bonds is 6. The molecule has 1 aromatic carbocycles. The number of aryl methyl sites for hydroxylation is 1. The first-order chi connectivity index (χ1) is 14.5. The van der Waals surface area contributed by atoms with Gasteiger partial charge in [0.1, 0.15) is 0 Å². The molecule has 160 valence electrons. The predicted octanol–water partition coefficient (Wildman–Crippen LogP) is 2.81. The lowest BCUT2D eigenvalue weighted by Crippen LogP contribution is -2.36. The molecule has 1 saturated carbocycles. The number of carbonyl (C=O) groups excluding carboxylic acids is 2. The third-order valence-corrected chi connectivity index (χ3v) is 5.94. The van der Waals surface area contributed by atoms with Gasteiger partial charge in [-0.3, -0.25) is 14.3 Å². The van der Waals surface area contributed by atoms with Crippen molar-refractivity contribution in [2.45, 2.75) is 31.6 Å². The highest BCUT2D eigenvalue weighted by atomic mass is 16.5. The van der Waals surface area contributed by atoms with E-state index >= 15 is 0 Å². The Morgan fingerprint density at radius 1 is 1.10 bits per heavy atom. The molecule has 4 rings (SSSR count). The van der Waals surface area contributed by atoms with Crippen LogP contribution in [0.3, 0.4) is 0 Å². The number of amides is 2. The van der Waals surface area contributed by atoms with Crippen LogP contribution in [-0.2, 0) is 11.8 Å². The lowest BCUT2D eigenvalue weighted by atomic mass is 10.1. The molecular formula is C22H28N4O4. The minimum absolute atomic E-state index is 0.0921. The number of hydrogen-bond donors (Lipinski definition) is 1. The number of nitrogens with zero attached hydrogens (tertiary/aromatic N) is 3. The van der Waals surface area contributed by atoms with Gasteiger partial charge in [0.25, 0.3) is 5.91 Å². The van der Waals surface area contributed by atoms with Gasteiger partial charge in [0.05, 0.1) is 31.7 Å².